The lowest BCUT2D eigenvalue weighted by molar-refractivity contribution is -0.140. The third-order valence-electron chi connectivity index (χ3n) is 3.61. The largest absolute Gasteiger partial charge is 0.497 e. The Balaban J connectivity index is 1.86. The molecule has 4 heteroatoms. The lowest BCUT2D eigenvalue weighted by atomic mass is 10.1. The smallest absolute Gasteiger partial charge is 0.305 e. The van der Waals surface area contributed by atoms with Crippen molar-refractivity contribution in [3.63, 3.8) is 0 Å². The molecule has 0 saturated carbocycles. The van der Waals surface area contributed by atoms with Crippen molar-refractivity contribution < 1.29 is 14.3 Å². The number of carbonyl (C=O) groups excluding carboxylic acids is 1. The van der Waals surface area contributed by atoms with Crippen molar-refractivity contribution in [2.75, 3.05) is 20.8 Å². The van der Waals surface area contributed by atoms with Gasteiger partial charge in [-0.3, -0.25) is 4.79 Å². The van der Waals surface area contributed by atoms with E-state index < -0.39 is 0 Å². The van der Waals surface area contributed by atoms with Gasteiger partial charge in [0.1, 0.15) is 5.75 Å². The molecule has 0 amide bonds. The second kappa shape index (κ2) is 6.57. The van der Waals surface area contributed by atoms with Gasteiger partial charge in [-0.25, -0.2) is 0 Å². The van der Waals surface area contributed by atoms with E-state index >= 15 is 0 Å². The fourth-order valence-corrected chi connectivity index (χ4v) is 2.53. The molecule has 0 fully saturated rings. The molecule has 0 spiro atoms. The average molecular weight is 263 g/mol. The minimum Gasteiger partial charge on any atom is -0.497 e. The predicted octanol–water partition coefficient (Wildman–Crippen LogP) is 2.23. The molecule has 1 aliphatic carbocycles. The molecule has 0 aromatic heterocycles. The lowest BCUT2D eigenvalue weighted by Gasteiger charge is -2.14. The molecule has 1 unspecified atom stereocenters. The Labute approximate surface area is 114 Å². The topological polar surface area (TPSA) is 47.6 Å². The zero-order valence-electron chi connectivity index (χ0n) is 11.6. The van der Waals surface area contributed by atoms with Crippen molar-refractivity contribution in [1.29, 1.82) is 0 Å². The Morgan fingerprint density at radius 2 is 2.26 bits per heavy atom. The number of nitrogens with one attached hydrogen (secondary N) is 1. The molecule has 4 nitrogen and oxygen atoms in total. The highest BCUT2D eigenvalue weighted by Crippen LogP contribution is 2.33. The van der Waals surface area contributed by atoms with Crippen molar-refractivity contribution in [2.24, 2.45) is 0 Å². The summed E-state index contributed by atoms with van der Waals surface area (Å²) in [5.41, 5.74) is 2.73. The highest BCUT2D eigenvalue weighted by atomic mass is 16.5. The molecule has 0 aliphatic heterocycles. The molecule has 104 valence electrons. The van der Waals surface area contributed by atoms with Crippen molar-refractivity contribution in [3.05, 3.63) is 29.3 Å². The lowest BCUT2D eigenvalue weighted by Crippen LogP contribution is -2.21. The van der Waals surface area contributed by atoms with Crippen LogP contribution >= 0.6 is 0 Å². The Hall–Kier alpha value is -1.55. The standard InChI is InChI=1S/C15H21NO3/c1-18-12-7-5-11-6-8-14(13(11)10-12)16-9-3-4-15(17)19-2/h5,7,10,14,16H,3-4,6,8-9H2,1-2H3. The molecular weight excluding hydrogens is 242 g/mol. The molecule has 0 radical (unpaired) electrons. The number of carbonyl (C=O) groups is 1. The van der Waals surface area contributed by atoms with E-state index in [1.54, 1.807) is 7.11 Å². The molecule has 0 bridgehead atoms. The van der Waals surface area contributed by atoms with Gasteiger partial charge in [-0.05, 0) is 49.1 Å². The highest BCUT2D eigenvalue weighted by molar-refractivity contribution is 5.69. The zero-order chi connectivity index (χ0) is 13.7. The Morgan fingerprint density at radius 3 is 3.00 bits per heavy atom. The number of methoxy groups -OCH3 is 2. The van der Waals surface area contributed by atoms with Crippen LogP contribution in [0.25, 0.3) is 0 Å². The molecule has 0 heterocycles. The summed E-state index contributed by atoms with van der Waals surface area (Å²) in [4.78, 5) is 11.0. The van der Waals surface area contributed by atoms with Gasteiger partial charge in [0.2, 0.25) is 0 Å². The summed E-state index contributed by atoms with van der Waals surface area (Å²) in [6.45, 7) is 0.830. The van der Waals surface area contributed by atoms with Crippen LogP contribution < -0.4 is 10.1 Å². The summed E-state index contributed by atoms with van der Waals surface area (Å²) in [7, 11) is 3.12. The number of esters is 1. The third-order valence-corrected chi connectivity index (χ3v) is 3.61. The van der Waals surface area contributed by atoms with E-state index in [0.29, 0.717) is 12.5 Å². The first-order chi connectivity index (χ1) is 9.24. The van der Waals surface area contributed by atoms with Crippen LogP contribution in [-0.4, -0.2) is 26.7 Å². The van der Waals surface area contributed by atoms with Crippen LogP contribution in [0.2, 0.25) is 0 Å². The molecule has 1 aliphatic rings. The summed E-state index contributed by atoms with van der Waals surface area (Å²) in [5, 5.41) is 3.51. The van der Waals surface area contributed by atoms with Gasteiger partial charge in [0.15, 0.2) is 0 Å². The van der Waals surface area contributed by atoms with Crippen LogP contribution in [-0.2, 0) is 16.0 Å². The average Bonchev–Trinajstić information content (AvgIpc) is 2.85. The van der Waals surface area contributed by atoms with Crippen LogP contribution in [0.4, 0.5) is 0 Å². The molecule has 2 rings (SSSR count). The van der Waals surface area contributed by atoms with E-state index in [1.165, 1.54) is 18.2 Å². The molecule has 1 atom stereocenters. The summed E-state index contributed by atoms with van der Waals surface area (Å²) in [5.74, 6) is 0.761. The Kier molecular flexibility index (Phi) is 4.80. The van der Waals surface area contributed by atoms with Gasteiger partial charge in [-0.15, -0.1) is 0 Å². The van der Waals surface area contributed by atoms with E-state index in [-0.39, 0.29) is 5.97 Å². The zero-order valence-corrected chi connectivity index (χ0v) is 11.6. The maximum Gasteiger partial charge on any atom is 0.305 e. The molecule has 1 aromatic rings. The summed E-state index contributed by atoms with van der Waals surface area (Å²) in [6, 6.07) is 6.64. The fourth-order valence-electron chi connectivity index (χ4n) is 2.53. The quantitative estimate of drug-likeness (QED) is 0.631. The number of aryl methyl sites for hydroxylation is 1. The minimum absolute atomic E-state index is 0.143. The van der Waals surface area contributed by atoms with Crippen LogP contribution in [0, 0.1) is 0 Å². The Bertz CT molecular complexity index is 445. The number of hydrogen-bond donors (Lipinski definition) is 1. The first-order valence-corrected chi connectivity index (χ1v) is 6.71. The second-order valence-electron chi connectivity index (χ2n) is 4.79. The minimum atomic E-state index is -0.143. The molecule has 19 heavy (non-hydrogen) atoms. The summed E-state index contributed by atoms with van der Waals surface area (Å²) >= 11 is 0. The van der Waals surface area contributed by atoms with Gasteiger partial charge in [-0.2, -0.15) is 0 Å². The van der Waals surface area contributed by atoms with Gasteiger partial charge in [0.25, 0.3) is 0 Å². The first-order valence-electron chi connectivity index (χ1n) is 6.71. The van der Waals surface area contributed by atoms with E-state index in [9.17, 15) is 4.79 Å². The number of rotatable bonds is 6. The molecule has 0 saturated heterocycles. The second-order valence-corrected chi connectivity index (χ2v) is 4.79. The Morgan fingerprint density at radius 1 is 1.42 bits per heavy atom. The summed E-state index contributed by atoms with van der Waals surface area (Å²) < 4.78 is 9.90. The SMILES string of the molecule is COC(=O)CCCNC1CCc2ccc(OC)cc21. The van der Waals surface area contributed by atoms with Crippen molar-refractivity contribution >= 4 is 5.97 Å². The van der Waals surface area contributed by atoms with E-state index in [4.69, 9.17) is 4.74 Å². The predicted molar refractivity (Wildman–Crippen MR) is 73.3 cm³/mol. The van der Waals surface area contributed by atoms with Crippen molar-refractivity contribution in [3.8, 4) is 5.75 Å². The fraction of sp³-hybridized carbons (Fsp3) is 0.533. The van der Waals surface area contributed by atoms with E-state index in [2.05, 4.69) is 22.2 Å². The van der Waals surface area contributed by atoms with Gasteiger partial charge < -0.3 is 14.8 Å². The van der Waals surface area contributed by atoms with Gasteiger partial charge >= 0.3 is 5.97 Å². The van der Waals surface area contributed by atoms with Gasteiger partial charge in [0.05, 0.1) is 14.2 Å². The van der Waals surface area contributed by atoms with Crippen molar-refractivity contribution in [1.82, 2.24) is 5.32 Å². The van der Waals surface area contributed by atoms with Crippen molar-refractivity contribution in [2.45, 2.75) is 31.7 Å². The van der Waals surface area contributed by atoms with Crippen LogP contribution in [0.15, 0.2) is 18.2 Å². The normalized spacial score (nSPS) is 17.1. The van der Waals surface area contributed by atoms with Gasteiger partial charge in [-0.1, -0.05) is 6.07 Å². The number of benzene rings is 1. The maximum absolute atomic E-state index is 11.0. The maximum atomic E-state index is 11.0. The number of fused-ring (bicyclic) bond motifs is 1. The van der Waals surface area contributed by atoms with Crippen LogP contribution in [0.3, 0.4) is 0 Å². The monoisotopic (exact) mass is 263 g/mol. The summed E-state index contributed by atoms with van der Waals surface area (Å²) in [6.07, 6.45) is 3.50. The molecule has 1 aromatic carbocycles. The molecule has 1 N–H and O–H groups in total. The van der Waals surface area contributed by atoms with Gasteiger partial charge in [0, 0.05) is 12.5 Å². The number of hydrogen-bond acceptors (Lipinski definition) is 4. The third kappa shape index (κ3) is 3.47. The van der Waals surface area contributed by atoms with Crippen LogP contribution in [0.5, 0.6) is 5.75 Å². The highest BCUT2D eigenvalue weighted by Gasteiger charge is 2.22. The van der Waals surface area contributed by atoms with Crippen LogP contribution in [0.1, 0.15) is 36.4 Å². The van der Waals surface area contributed by atoms with E-state index in [0.717, 1.165) is 31.6 Å². The first kappa shape index (κ1) is 13.9. The molecular formula is C15H21NO3. The van der Waals surface area contributed by atoms with E-state index in [1.807, 2.05) is 6.07 Å². The number of ether oxygens (including phenoxy) is 2.